The van der Waals surface area contributed by atoms with Crippen LogP contribution in [0.25, 0.3) is 0 Å². The number of hydrogen-bond donors (Lipinski definition) is 1. The molecule has 15 heavy (non-hydrogen) atoms. The molecule has 0 bridgehead atoms. The van der Waals surface area contributed by atoms with Crippen molar-refractivity contribution in [1.29, 1.82) is 0 Å². The van der Waals surface area contributed by atoms with Crippen molar-refractivity contribution in [3.05, 3.63) is 0 Å². The molecule has 0 heterocycles. The highest BCUT2D eigenvalue weighted by Crippen LogP contribution is 2.33. The van der Waals surface area contributed by atoms with Crippen molar-refractivity contribution in [2.45, 2.75) is 37.7 Å². The Balaban J connectivity index is 2.87. The van der Waals surface area contributed by atoms with E-state index >= 15 is 0 Å². The van der Waals surface area contributed by atoms with Gasteiger partial charge >= 0.3 is 0 Å². The van der Waals surface area contributed by atoms with E-state index < -0.39 is 26.8 Å². The number of halogens is 1. The van der Waals surface area contributed by atoms with Gasteiger partial charge in [-0.1, -0.05) is 6.42 Å². The Morgan fingerprint density at radius 3 is 2.27 bits per heavy atom. The van der Waals surface area contributed by atoms with Crippen LogP contribution in [-0.4, -0.2) is 25.1 Å². The van der Waals surface area contributed by atoms with Crippen LogP contribution in [0.15, 0.2) is 0 Å². The average Bonchev–Trinajstić information content (AvgIpc) is 2.18. The van der Waals surface area contributed by atoms with Gasteiger partial charge in [0.1, 0.15) is 5.21 Å². The first-order valence-corrected chi connectivity index (χ1v) is 6.82. The van der Waals surface area contributed by atoms with Gasteiger partial charge in [-0.05, 0) is 25.7 Å². The van der Waals surface area contributed by atoms with Gasteiger partial charge in [0.2, 0.25) is 0 Å². The molecule has 0 aromatic carbocycles. The summed E-state index contributed by atoms with van der Waals surface area (Å²) in [5, 5.41) is -0.665. The van der Waals surface area contributed by atoms with Crippen molar-refractivity contribution in [1.82, 2.24) is 0 Å². The summed E-state index contributed by atoms with van der Waals surface area (Å²) in [6.45, 7) is 0. The topological polar surface area (TPSA) is 86.5 Å². The molecule has 1 rings (SSSR count). The minimum Gasteiger partial charge on any atom is -0.367 e. The Labute approximate surface area is 94.0 Å². The van der Waals surface area contributed by atoms with Gasteiger partial charge in [0, 0.05) is 0 Å². The molecule has 2 N–H and O–H groups in total. The van der Waals surface area contributed by atoms with Gasteiger partial charge < -0.3 is 5.73 Å². The first-order chi connectivity index (χ1) is 6.92. The second kappa shape index (κ2) is 4.67. The van der Waals surface area contributed by atoms with Crippen molar-refractivity contribution in [3.8, 4) is 0 Å². The number of amides is 1. The Morgan fingerprint density at radius 1 is 1.33 bits per heavy atom. The van der Waals surface area contributed by atoms with E-state index in [-0.39, 0.29) is 0 Å². The molecule has 1 aliphatic carbocycles. The number of alkyl halides is 1. The number of primary amides is 1. The molecule has 5 nitrogen and oxygen atoms in total. The van der Waals surface area contributed by atoms with E-state index in [1.807, 2.05) is 0 Å². The third kappa shape index (κ3) is 3.06. The molecule has 0 atom stereocenters. The number of carbonyl (C=O) groups is 1. The summed E-state index contributed by atoms with van der Waals surface area (Å²) in [6.07, 6.45) is 3.12. The molecule has 0 saturated heterocycles. The summed E-state index contributed by atoms with van der Waals surface area (Å²) in [6, 6.07) is 0. The van der Waals surface area contributed by atoms with Crippen molar-refractivity contribution in [2.24, 2.45) is 5.73 Å². The molecule has 0 aliphatic heterocycles. The van der Waals surface area contributed by atoms with Crippen LogP contribution < -0.4 is 5.73 Å². The second-order valence-corrected chi connectivity index (χ2v) is 5.82. The quantitative estimate of drug-likeness (QED) is 0.592. The summed E-state index contributed by atoms with van der Waals surface area (Å²) < 4.78 is 27.3. The summed E-state index contributed by atoms with van der Waals surface area (Å²) in [5.41, 5.74) is 3.82. The van der Waals surface area contributed by atoms with Crippen molar-refractivity contribution in [3.63, 3.8) is 0 Å². The molecule has 1 amide bonds. The molecule has 0 radical (unpaired) electrons. The zero-order chi connectivity index (χ0) is 11.5. The molecule has 88 valence electrons. The zero-order valence-electron chi connectivity index (χ0n) is 8.24. The number of nitrogens with two attached hydrogens (primary N) is 1. The molecule has 1 saturated carbocycles. The Kier molecular flexibility index (Phi) is 3.97. The lowest BCUT2D eigenvalue weighted by Crippen LogP contribution is -2.49. The molecule has 7 heteroatoms. The lowest BCUT2D eigenvalue weighted by molar-refractivity contribution is -0.135. The van der Waals surface area contributed by atoms with Gasteiger partial charge in [-0.2, -0.15) is 8.42 Å². The van der Waals surface area contributed by atoms with Gasteiger partial charge in [-0.25, -0.2) is 0 Å². The third-order valence-corrected chi connectivity index (χ3v) is 4.17. The van der Waals surface area contributed by atoms with Crippen LogP contribution >= 0.6 is 11.6 Å². The molecule has 1 fully saturated rings. The van der Waals surface area contributed by atoms with Crippen molar-refractivity contribution < 1.29 is 17.4 Å². The number of carbonyl (C=O) groups excluding carboxylic acids is 1. The van der Waals surface area contributed by atoms with Crippen LogP contribution in [0, 0.1) is 0 Å². The summed E-state index contributed by atoms with van der Waals surface area (Å²) in [4.78, 5) is 11.3. The van der Waals surface area contributed by atoms with Gasteiger partial charge in [0.25, 0.3) is 16.0 Å². The highest BCUT2D eigenvalue weighted by Gasteiger charge is 2.42. The molecular weight excluding hydrogens is 242 g/mol. The van der Waals surface area contributed by atoms with E-state index in [4.69, 9.17) is 21.5 Å². The minimum atomic E-state index is -3.86. The molecule has 1 aliphatic rings. The standard InChI is InChI=1S/C8H14ClNO4S/c9-6-15(12,13)14-8(7(10)11)4-2-1-3-5-8/h1-6H2,(H2,10,11). The van der Waals surface area contributed by atoms with E-state index in [1.165, 1.54) is 0 Å². The predicted octanol–water partition coefficient (Wildman–Crippen LogP) is 0.717. The lowest BCUT2D eigenvalue weighted by atomic mass is 9.84. The Bertz CT molecular complexity index is 335. The maximum atomic E-state index is 11.3. The van der Waals surface area contributed by atoms with E-state index in [9.17, 15) is 13.2 Å². The highest BCUT2D eigenvalue weighted by molar-refractivity contribution is 7.88. The SMILES string of the molecule is NC(=O)C1(OS(=O)(=O)CCl)CCCCC1. The molecular formula is C8H14ClNO4S. The fourth-order valence-corrected chi connectivity index (χ4v) is 2.67. The molecule has 0 unspecified atom stereocenters. The minimum absolute atomic E-state index is 0.346. The van der Waals surface area contributed by atoms with Crippen LogP contribution in [0.1, 0.15) is 32.1 Å². The average molecular weight is 256 g/mol. The van der Waals surface area contributed by atoms with Crippen LogP contribution in [0.3, 0.4) is 0 Å². The normalized spacial score (nSPS) is 21.1. The molecule has 0 aromatic heterocycles. The van der Waals surface area contributed by atoms with E-state index in [1.54, 1.807) is 0 Å². The number of rotatable bonds is 4. The largest absolute Gasteiger partial charge is 0.367 e. The van der Waals surface area contributed by atoms with E-state index in [0.29, 0.717) is 12.8 Å². The lowest BCUT2D eigenvalue weighted by Gasteiger charge is -2.32. The summed E-state index contributed by atoms with van der Waals surface area (Å²) in [7, 11) is -3.86. The summed E-state index contributed by atoms with van der Waals surface area (Å²) >= 11 is 5.21. The van der Waals surface area contributed by atoms with Crippen molar-refractivity contribution >= 4 is 27.6 Å². The van der Waals surface area contributed by atoms with Gasteiger partial charge in [0.15, 0.2) is 5.60 Å². The van der Waals surface area contributed by atoms with E-state index in [2.05, 4.69) is 0 Å². The fraction of sp³-hybridized carbons (Fsp3) is 0.875. The maximum Gasteiger partial charge on any atom is 0.282 e. The fourth-order valence-electron chi connectivity index (χ4n) is 1.76. The Hall–Kier alpha value is -0.330. The third-order valence-electron chi connectivity index (χ3n) is 2.53. The molecule has 0 aromatic rings. The van der Waals surface area contributed by atoms with Crippen LogP contribution in [0.2, 0.25) is 0 Å². The van der Waals surface area contributed by atoms with E-state index in [0.717, 1.165) is 19.3 Å². The van der Waals surface area contributed by atoms with Gasteiger partial charge in [-0.15, -0.1) is 11.6 Å². The number of hydrogen-bond acceptors (Lipinski definition) is 4. The van der Waals surface area contributed by atoms with Gasteiger partial charge in [-0.3, -0.25) is 8.98 Å². The van der Waals surface area contributed by atoms with Crippen molar-refractivity contribution in [2.75, 3.05) is 5.21 Å². The zero-order valence-corrected chi connectivity index (χ0v) is 9.81. The predicted molar refractivity (Wildman–Crippen MR) is 55.7 cm³/mol. The van der Waals surface area contributed by atoms with Crippen LogP contribution in [0.5, 0.6) is 0 Å². The van der Waals surface area contributed by atoms with Gasteiger partial charge in [0.05, 0.1) is 0 Å². The highest BCUT2D eigenvalue weighted by atomic mass is 35.5. The first-order valence-electron chi connectivity index (χ1n) is 4.71. The summed E-state index contributed by atoms with van der Waals surface area (Å²) in [5.74, 6) is -0.726. The molecule has 0 spiro atoms. The first kappa shape index (κ1) is 12.7. The monoisotopic (exact) mass is 255 g/mol. The smallest absolute Gasteiger partial charge is 0.282 e. The second-order valence-electron chi connectivity index (χ2n) is 3.67. The van der Waals surface area contributed by atoms with Crippen LogP contribution in [0.4, 0.5) is 0 Å². The van der Waals surface area contributed by atoms with Crippen LogP contribution in [-0.2, 0) is 19.1 Å². The Morgan fingerprint density at radius 2 is 1.87 bits per heavy atom. The maximum absolute atomic E-state index is 11.3.